The molecule has 0 aromatic carbocycles. The SMILES string of the molecule is CN(c1cc[nH]c1)c1cc(NC2CNC2)ncn1. The third-order valence-electron chi connectivity index (χ3n) is 3.10. The zero-order valence-electron chi connectivity index (χ0n) is 10.2. The predicted octanol–water partition coefficient (Wildman–Crippen LogP) is 0.956. The molecule has 0 aliphatic carbocycles. The third kappa shape index (κ3) is 2.14. The van der Waals surface area contributed by atoms with Crippen LogP contribution in [0.3, 0.4) is 0 Å². The lowest BCUT2D eigenvalue weighted by atomic mass is 10.2. The van der Waals surface area contributed by atoms with Crippen molar-refractivity contribution in [2.45, 2.75) is 6.04 Å². The smallest absolute Gasteiger partial charge is 0.138 e. The van der Waals surface area contributed by atoms with Crippen LogP contribution < -0.4 is 15.5 Å². The summed E-state index contributed by atoms with van der Waals surface area (Å²) in [6.07, 6.45) is 5.42. The van der Waals surface area contributed by atoms with Gasteiger partial charge < -0.3 is 20.5 Å². The summed E-state index contributed by atoms with van der Waals surface area (Å²) in [5.41, 5.74) is 1.07. The van der Waals surface area contributed by atoms with Crippen molar-refractivity contribution < 1.29 is 0 Å². The van der Waals surface area contributed by atoms with E-state index in [1.807, 2.05) is 36.5 Å². The molecule has 0 atom stereocenters. The Labute approximate surface area is 105 Å². The first kappa shape index (κ1) is 11.0. The molecule has 3 rings (SSSR count). The van der Waals surface area contributed by atoms with Gasteiger partial charge in [-0.2, -0.15) is 0 Å². The van der Waals surface area contributed by atoms with Crippen LogP contribution in [0.25, 0.3) is 0 Å². The van der Waals surface area contributed by atoms with Crippen LogP contribution in [0, 0.1) is 0 Å². The Hall–Kier alpha value is -2.08. The van der Waals surface area contributed by atoms with E-state index in [-0.39, 0.29) is 0 Å². The Kier molecular flexibility index (Phi) is 2.85. The first-order valence-electron chi connectivity index (χ1n) is 5.99. The number of hydrogen-bond donors (Lipinski definition) is 3. The highest BCUT2D eigenvalue weighted by Crippen LogP contribution is 2.22. The van der Waals surface area contributed by atoms with E-state index in [2.05, 4.69) is 25.6 Å². The van der Waals surface area contributed by atoms with Gasteiger partial charge in [0, 0.05) is 38.6 Å². The second-order valence-corrected chi connectivity index (χ2v) is 4.39. The molecule has 1 fully saturated rings. The second-order valence-electron chi connectivity index (χ2n) is 4.39. The lowest BCUT2D eigenvalue weighted by Crippen LogP contribution is -2.51. The number of anilines is 3. The van der Waals surface area contributed by atoms with Crippen LogP contribution in [0.4, 0.5) is 17.3 Å². The van der Waals surface area contributed by atoms with Crippen molar-refractivity contribution >= 4 is 17.3 Å². The van der Waals surface area contributed by atoms with Crippen LogP contribution in [0.2, 0.25) is 0 Å². The summed E-state index contributed by atoms with van der Waals surface area (Å²) in [5, 5.41) is 6.59. The zero-order valence-corrected chi connectivity index (χ0v) is 10.2. The molecule has 1 aliphatic rings. The van der Waals surface area contributed by atoms with E-state index >= 15 is 0 Å². The Morgan fingerprint density at radius 3 is 2.94 bits per heavy atom. The Morgan fingerprint density at radius 1 is 1.39 bits per heavy atom. The van der Waals surface area contributed by atoms with Gasteiger partial charge in [-0.15, -0.1) is 0 Å². The van der Waals surface area contributed by atoms with Crippen molar-refractivity contribution in [1.82, 2.24) is 20.3 Å². The number of rotatable bonds is 4. The Bertz CT molecular complexity index is 505. The van der Waals surface area contributed by atoms with Crippen LogP contribution in [0.15, 0.2) is 30.9 Å². The molecular weight excluding hydrogens is 228 g/mol. The van der Waals surface area contributed by atoms with Gasteiger partial charge >= 0.3 is 0 Å². The largest absolute Gasteiger partial charge is 0.366 e. The van der Waals surface area contributed by atoms with E-state index < -0.39 is 0 Å². The van der Waals surface area contributed by atoms with Gasteiger partial charge in [-0.05, 0) is 6.07 Å². The molecule has 0 bridgehead atoms. The lowest BCUT2D eigenvalue weighted by molar-refractivity contribution is 0.471. The number of aromatic amines is 1. The van der Waals surface area contributed by atoms with Gasteiger partial charge in [-0.3, -0.25) is 0 Å². The molecule has 18 heavy (non-hydrogen) atoms. The molecule has 1 saturated heterocycles. The Balaban J connectivity index is 1.77. The molecule has 2 aromatic heterocycles. The summed E-state index contributed by atoms with van der Waals surface area (Å²) in [6, 6.07) is 4.45. The van der Waals surface area contributed by atoms with Gasteiger partial charge in [0.05, 0.1) is 11.7 Å². The summed E-state index contributed by atoms with van der Waals surface area (Å²) in [5.74, 6) is 1.74. The minimum atomic E-state index is 0.477. The Morgan fingerprint density at radius 2 is 2.28 bits per heavy atom. The maximum Gasteiger partial charge on any atom is 0.138 e. The van der Waals surface area contributed by atoms with E-state index in [1.54, 1.807) is 6.33 Å². The number of nitrogens with one attached hydrogen (secondary N) is 3. The molecule has 94 valence electrons. The molecule has 0 radical (unpaired) electrons. The van der Waals surface area contributed by atoms with Gasteiger partial charge in [-0.1, -0.05) is 0 Å². The molecule has 6 heteroatoms. The van der Waals surface area contributed by atoms with Crippen LogP contribution >= 0.6 is 0 Å². The van der Waals surface area contributed by atoms with E-state index in [9.17, 15) is 0 Å². The highest BCUT2D eigenvalue weighted by Gasteiger charge is 2.17. The van der Waals surface area contributed by atoms with Gasteiger partial charge in [0.25, 0.3) is 0 Å². The fourth-order valence-corrected chi connectivity index (χ4v) is 1.87. The maximum atomic E-state index is 4.29. The van der Waals surface area contributed by atoms with Gasteiger partial charge in [0.2, 0.25) is 0 Å². The maximum absolute atomic E-state index is 4.29. The minimum absolute atomic E-state index is 0.477. The van der Waals surface area contributed by atoms with E-state index in [0.29, 0.717) is 6.04 Å². The van der Waals surface area contributed by atoms with E-state index in [1.165, 1.54) is 0 Å². The van der Waals surface area contributed by atoms with Gasteiger partial charge in [-0.25, -0.2) is 9.97 Å². The monoisotopic (exact) mass is 244 g/mol. The molecule has 0 unspecified atom stereocenters. The summed E-state index contributed by atoms with van der Waals surface area (Å²) < 4.78 is 0. The van der Waals surface area contributed by atoms with Crippen LogP contribution in [0.1, 0.15) is 0 Å². The first-order valence-corrected chi connectivity index (χ1v) is 5.99. The average Bonchev–Trinajstić information content (AvgIpc) is 2.87. The average molecular weight is 244 g/mol. The van der Waals surface area contributed by atoms with Crippen LogP contribution in [-0.4, -0.2) is 41.1 Å². The first-order chi connectivity index (χ1) is 8.83. The number of nitrogens with zero attached hydrogens (tertiary/aromatic N) is 3. The molecule has 1 aliphatic heterocycles. The highest BCUT2D eigenvalue weighted by atomic mass is 15.2. The predicted molar refractivity (Wildman–Crippen MR) is 71.2 cm³/mol. The number of H-pyrrole nitrogens is 1. The molecule has 2 aromatic rings. The normalized spacial score (nSPS) is 15.2. The molecular formula is C12H16N6. The topological polar surface area (TPSA) is 68.9 Å². The van der Waals surface area contributed by atoms with Gasteiger partial charge in [0.1, 0.15) is 18.0 Å². The lowest BCUT2D eigenvalue weighted by Gasteiger charge is -2.28. The van der Waals surface area contributed by atoms with E-state index in [0.717, 1.165) is 30.4 Å². The molecule has 6 nitrogen and oxygen atoms in total. The van der Waals surface area contributed by atoms with Crippen molar-refractivity contribution in [2.24, 2.45) is 0 Å². The summed E-state index contributed by atoms with van der Waals surface area (Å²) in [4.78, 5) is 13.6. The zero-order chi connectivity index (χ0) is 12.4. The van der Waals surface area contributed by atoms with Crippen LogP contribution in [-0.2, 0) is 0 Å². The van der Waals surface area contributed by atoms with E-state index in [4.69, 9.17) is 0 Å². The summed E-state index contributed by atoms with van der Waals surface area (Å²) in [7, 11) is 1.99. The number of hydrogen-bond acceptors (Lipinski definition) is 5. The standard InChI is InChI=1S/C12H16N6/c1-18(10-2-3-13-7-10)12-4-11(15-8-16-12)17-9-5-14-6-9/h2-4,7-9,13-14H,5-6H2,1H3,(H,15,16,17). The van der Waals surface area contributed by atoms with Crippen molar-refractivity contribution in [2.75, 3.05) is 30.4 Å². The van der Waals surface area contributed by atoms with Crippen molar-refractivity contribution in [3.8, 4) is 0 Å². The number of aromatic nitrogens is 3. The molecule has 3 N–H and O–H groups in total. The highest BCUT2D eigenvalue weighted by molar-refractivity contribution is 5.60. The quantitative estimate of drug-likeness (QED) is 0.747. The second kappa shape index (κ2) is 4.66. The summed E-state index contributed by atoms with van der Waals surface area (Å²) >= 11 is 0. The summed E-state index contributed by atoms with van der Waals surface area (Å²) in [6.45, 7) is 1.99. The molecule has 0 amide bonds. The van der Waals surface area contributed by atoms with Gasteiger partial charge in [0.15, 0.2) is 0 Å². The van der Waals surface area contributed by atoms with Crippen molar-refractivity contribution in [3.63, 3.8) is 0 Å². The van der Waals surface area contributed by atoms with Crippen molar-refractivity contribution in [1.29, 1.82) is 0 Å². The molecule has 0 saturated carbocycles. The molecule has 0 spiro atoms. The van der Waals surface area contributed by atoms with Crippen LogP contribution in [0.5, 0.6) is 0 Å². The van der Waals surface area contributed by atoms with Crippen molar-refractivity contribution in [3.05, 3.63) is 30.9 Å². The minimum Gasteiger partial charge on any atom is -0.366 e. The third-order valence-corrected chi connectivity index (χ3v) is 3.10. The fraction of sp³-hybridized carbons (Fsp3) is 0.333. The fourth-order valence-electron chi connectivity index (χ4n) is 1.87. The molecule has 3 heterocycles.